The Bertz CT molecular complexity index is 3650. The van der Waals surface area contributed by atoms with Crippen molar-refractivity contribution in [3.63, 3.8) is 0 Å². The second-order valence-electron chi connectivity index (χ2n) is 16.8. The number of aryl methyl sites for hydroxylation is 3. The predicted octanol–water partition coefficient (Wildman–Crippen LogP) is 14.8. The molecule has 0 aliphatic carbocycles. The van der Waals surface area contributed by atoms with E-state index in [-0.39, 0.29) is 0 Å². The highest BCUT2D eigenvalue weighted by Crippen LogP contribution is 2.43. The summed E-state index contributed by atoms with van der Waals surface area (Å²) in [6.45, 7) is 2.23. The molecule has 5 nitrogen and oxygen atoms in total. The number of hydrogen-bond acceptors (Lipinski definition) is 3. The summed E-state index contributed by atoms with van der Waals surface area (Å²) in [6, 6.07) is 77.9. The molecular formula is C60H43N5. The van der Waals surface area contributed by atoms with Crippen LogP contribution < -0.4 is 0 Å². The molecule has 0 amide bonds. The summed E-state index contributed by atoms with van der Waals surface area (Å²) in [5.41, 5.74) is 16.1. The van der Waals surface area contributed by atoms with Crippen molar-refractivity contribution in [3.8, 4) is 56.7 Å². The first kappa shape index (κ1) is 38.3. The largest absolute Gasteiger partial charge is 0.309 e. The maximum absolute atomic E-state index is 5.12. The molecule has 0 saturated heterocycles. The minimum absolute atomic E-state index is 0.628. The van der Waals surface area contributed by atoms with Gasteiger partial charge in [0, 0.05) is 49.6 Å². The van der Waals surface area contributed by atoms with E-state index in [1.54, 1.807) is 0 Å². The van der Waals surface area contributed by atoms with E-state index in [0.717, 1.165) is 57.3 Å². The monoisotopic (exact) mass is 833 g/mol. The molecule has 0 atom stereocenters. The molecule has 3 heterocycles. The molecule has 12 rings (SSSR count). The molecule has 308 valence electrons. The molecule has 0 fully saturated rings. The molecule has 0 bridgehead atoms. The quantitative estimate of drug-likeness (QED) is 0.146. The minimum Gasteiger partial charge on any atom is -0.309 e. The Hall–Kier alpha value is -8.41. The SMILES string of the molecule is Cc1ccc(-n2c3ccccc3c3c2ccc2c4ccc(-c5nc(-c6ccccc6)nc(-c6ccccc6)n5)cc4n(-c4ccccc4)c23)cc1-c1ccccc1CCc1ccccc1. The average Bonchev–Trinajstić information content (AvgIpc) is 3.89. The van der Waals surface area contributed by atoms with Crippen LogP contribution in [0.25, 0.3) is 100 Å². The van der Waals surface area contributed by atoms with E-state index in [4.69, 9.17) is 15.0 Å². The average molecular weight is 834 g/mol. The van der Waals surface area contributed by atoms with Gasteiger partial charge in [0.1, 0.15) is 0 Å². The summed E-state index contributed by atoms with van der Waals surface area (Å²) >= 11 is 0. The summed E-state index contributed by atoms with van der Waals surface area (Å²) < 4.78 is 4.90. The van der Waals surface area contributed by atoms with E-state index in [1.807, 2.05) is 36.4 Å². The third-order valence-electron chi connectivity index (χ3n) is 12.8. The first-order chi connectivity index (χ1) is 32.2. The summed E-state index contributed by atoms with van der Waals surface area (Å²) in [4.78, 5) is 15.2. The minimum atomic E-state index is 0.628. The van der Waals surface area contributed by atoms with Gasteiger partial charge in [-0.25, -0.2) is 15.0 Å². The van der Waals surface area contributed by atoms with Gasteiger partial charge in [-0.3, -0.25) is 0 Å². The zero-order chi connectivity index (χ0) is 43.3. The second-order valence-corrected chi connectivity index (χ2v) is 16.8. The molecule has 0 N–H and O–H groups in total. The molecule has 0 aliphatic rings. The van der Waals surface area contributed by atoms with Crippen molar-refractivity contribution in [2.45, 2.75) is 19.8 Å². The van der Waals surface area contributed by atoms with Crippen molar-refractivity contribution in [2.75, 3.05) is 0 Å². The topological polar surface area (TPSA) is 48.5 Å². The smallest absolute Gasteiger partial charge is 0.164 e. The number of fused-ring (bicyclic) bond motifs is 7. The van der Waals surface area contributed by atoms with Gasteiger partial charge in [-0.2, -0.15) is 0 Å². The molecule has 65 heavy (non-hydrogen) atoms. The Morgan fingerprint density at radius 2 is 0.969 bits per heavy atom. The fourth-order valence-corrected chi connectivity index (χ4v) is 9.72. The van der Waals surface area contributed by atoms with E-state index in [1.165, 1.54) is 55.0 Å². The van der Waals surface area contributed by atoms with E-state index < -0.39 is 0 Å². The van der Waals surface area contributed by atoms with Crippen LogP contribution in [-0.2, 0) is 12.8 Å². The van der Waals surface area contributed by atoms with Crippen molar-refractivity contribution in [1.29, 1.82) is 0 Å². The standard InChI is InChI=1S/C60H43N5/c1-40-30-34-47(39-52(40)48-27-15-14-20-42(48)32-31-41-18-6-2-7-19-41)64-53-29-17-16-28-51(53)56-54(64)37-36-50-49-35-33-45(38-55(49)65(57(50)56)46-25-12-5-13-26-46)60-62-58(43-21-8-3-9-22-43)61-59(63-60)44-23-10-4-11-24-44/h2-30,33-39H,31-32H2,1H3. The highest BCUT2D eigenvalue weighted by molar-refractivity contribution is 6.26. The maximum atomic E-state index is 5.12. The van der Waals surface area contributed by atoms with Crippen LogP contribution in [0.2, 0.25) is 0 Å². The molecule has 0 radical (unpaired) electrons. The van der Waals surface area contributed by atoms with Crippen LogP contribution in [0.1, 0.15) is 16.7 Å². The second kappa shape index (κ2) is 16.1. The number of nitrogens with zero attached hydrogens (tertiary/aromatic N) is 5. The van der Waals surface area contributed by atoms with E-state index >= 15 is 0 Å². The van der Waals surface area contributed by atoms with Gasteiger partial charge in [-0.15, -0.1) is 0 Å². The summed E-state index contributed by atoms with van der Waals surface area (Å²) in [5.74, 6) is 1.91. The van der Waals surface area contributed by atoms with E-state index in [9.17, 15) is 0 Å². The molecule has 0 unspecified atom stereocenters. The Morgan fingerprint density at radius 1 is 0.369 bits per heavy atom. The molecule has 0 saturated carbocycles. The van der Waals surface area contributed by atoms with Crippen molar-refractivity contribution < 1.29 is 0 Å². The van der Waals surface area contributed by atoms with Crippen LogP contribution >= 0.6 is 0 Å². The van der Waals surface area contributed by atoms with Crippen LogP contribution in [-0.4, -0.2) is 24.1 Å². The van der Waals surface area contributed by atoms with Crippen LogP contribution in [0.5, 0.6) is 0 Å². The van der Waals surface area contributed by atoms with Crippen LogP contribution in [0.4, 0.5) is 0 Å². The van der Waals surface area contributed by atoms with Gasteiger partial charge in [0.25, 0.3) is 0 Å². The molecule has 0 spiro atoms. The van der Waals surface area contributed by atoms with E-state index in [2.05, 4.69) is 198 Å². The Kier molecular flexibility index (Phi) is 9.45. The third-order valence-corrected chi connectivity index (χ3v) is 12.8. The zero-order valence-corrected chi connectivity index (χ0v) is 35.9. The highest BCUT2D eigenvalue weighted by Gasteiger charge is 2.23. The fourth-order valence-electron chi connectivity index (χ4n) is 9.72. The predicted molar refractivity (Wildman–Crippen MR) is 269 cm³/mol. The number of aromatic nitrogens is 5. The Morgan fingerprint density at radius 3 is 1.69 bits per heavy atom. The lowest BCUT2D eigenvalue weighted by atomic mass is 9.92. The van der Waals surface area contributed by atoms with E-state index in [0.29, 0.717) is 17.5 Å². The van der Waals surface area contributed by atoms with Crippen LogP contribution in [0.15, 0.2) is 218 Å². The molecule has 5 heteroatoms. The maximum Gasteiger partial charge on any atom is 0.164 e. The number of hydrogen-bond donors (Lipinski definition) is 0. The van der Waals surface area contributed by atoms with Gasteiger partial charge in [0.2, 0.25) is 0 Å². The third kappa shape index (κ3) is 6.77. The van der Waals surface area contributed by atoms with Crippen molar-refractivity contribution in [3.05, 3.63) is 235 Å². The lowest BCUT2D eigenvalue weighted by Crippen LogP contribution is -2.00. The molecule has 9 aromatic carbocycles. The molecular weight excluding hydrogens is 791 g/mol. The van der Waals surface area contributed by atoms with Crippen molar-refractivity contribution >= 4 is 43.6 Å². The molecule has 0 aliphatic heterocycles. The molecule has 12 aromatic rings. The molecule has 3 aromatic heterocycles. The lowest BCUT2D eigenvalue weighted by Gasteiger charge is -2.16. The zero-order valence-electron chi connectivity index (χ0n) is 35.9. The van der Waals surface area contributed by atoms with Gasteiger partial charge in [0.05, 0.1) is 22.1 Å². The van der Waals surface area contributed by atoms with Crippen molar-refractivity contribution in [2.24, 2.45) is 0 Å². The Labute approximate surface area is 377 Å². The van der Waals surface area contributed by atoms with Crippen LogP contribution in [0, 0.1) is 6.92 Å². The van der Waals surface area contributed by atoms with Crippen molar-refractivity contribution in [1.82, 2.24) is 24.1 Å². The normalized spacial score (nSPS) is 11.6. The van der Waals surface area contributed by atoms with Gasteiger partial charge in [0.15, 0.2) is 17.5 Å². The van der Waals surface area contributed by atoms with Gasteiger partial charge in [-0.05, 0) is 90.0 Å². The number of para-hydroxylation sites is 2. The summed E-state index contributed by atoms with van der Waals surface area (Å²) in [5, 5.41) is 4.77. The number of benzene rings is 9. The fraction of sp³-hybridized carbons (Fsp3) is 0.0500. The van der Waals surface area contributed by atoms with Gasteiger partial charge < -0.3 is 9.13 Å². The van der Waals surface area contributed by atoms with Crippen LogP contribution in [0.3, 0.4) is 0 Å². The Balaban J connectivity index is 1.07. The lowest BCUT2D eigenvalue weighted by molar-refractivity contribution is 0.962. The van der Waals surface area contributed by atoms with Gasteiger partial charge in [-0.1, -0.05) is 176 Å². The van der Waals surface area contributed by atoms with Gasteiger partial charge >= 0.3 is 0 Å². The first-order valence-electron chi connectivity index (χ1n) is 22.3. The summed E-state index contributed by atoms with van der Waals surface area (Å²) in [6.07, 6.45) is 1.97. The highest BCUT2D eigenvalue weighted by atomic mass is 15.0. The number of rotatable bonds is 9. The summed E-state index contributed by atoms with van der Waals surface area (Å²) in [7, 11) is 0. The first-order valence-corrected chi connectivity index (χ1v) is 22.3.